The van der Waals surface area contributed by atoms with E-state index in [0.717, 1.165) is 10.9 Å². The van der Waals surface area contributed by atoms with Crippen molar-refractivity contribution in [1.82, 2.24) is 0 Å². The van der Waals surface area contributed by atoms with E-state index in [4.69, 9.17) is 5.73 Å². The van der Waals surface area contributed by atoms with Crippen molar-refractivity contribution in [3.05, 3.63) is 34.3 Å². The van der Waals surface area contributed by atoms with E-state index in [1.54, 1.807) is 0 Å². The molecule has 1 unspecified atom stereocenters. The molecule has 0 saturated heterocycles. The van der Waals surface area contributed by atoms with Crippen LogP contribution < -0.4 is 5.73 Å². The molecule has 0 aromatic heterocycles. The molecule has 0 aliphatic heterocycles. The molecule has 0 heterocycles. The van der Waals surface area contributed by atoms with E-state index in [1.807, 2.05) is 0 Å². The predicted octanol–water partition coefficient (Wildman–Crippen LogP) is 2.26. The Labute approximate surface area is 74.7 Å². The molecule has 2 rings (SSSR count). The molecule has 58 valence electrons. The second-order valence-electron chi connectivity index (χ2n) is 3.06. The number of benzene rings is 1. The lowest BCUT2D eigenvalue weighted by atomic mass is 10.1. The van der Waals surface area contributed by atoms with Gasteiger partial charge in [-0.25, -0.2) is 0 Å². The molecule has 2 atom stereocenters. The maximum absolute atomic E-state index is 5.72. The van der Waals surface area contributed by atoms with Gasteiger partial charge in [-0.2, -0.15) is 0 Å². The minimum atomic E-state index is 0.413. The van der Waals surface area contributed by atoms with Gasteiger partial charge in [0.2, 0.25) is 0 Å². The summed E-state index contributed by atoms with van der Waals surface area (Å²) < 4.78 is 1.13. The lowest BCUT2D eigenvalue weighted by molar-refractivity contribution is 0.990. The fourth-order valence-corrected chi connectivity index (χ4v) is 1.57. The first kappa shape index (κ1) is 7.32. The van der Waals surface area contributed by atoms with E-state index in [0.29, 0.717) is 12.0 Å². The normalized spacial score (nSPS) is 28.5. The Bertz CT molecular complexity index is 255. The van der Waals surface area contributed by atoms with Crippen LogP contribution >= 0.6 is 15.9 Å². The van der Waals surface area contributed by atoms with Gasteiger partial charge in [0, 0.05) is 16.4 Å². The summed E-state index contributed by atoms with van der Waals surface area (Å²) in [6.07, 6.45) is 1.15. The average molecular weight is 212 g/mol. The Morgan fingerprint density at radius 1 is 1.27 bits per heavy atom. The van der Waals surface area contributed by atoms with Crippen molar-refractivity contribution < 1.29 is 0 Å². The van der Waals surface area contributed by atoms with Gasteiger partial charge in [-0.15, -0.1) is 0 Å². The summed E-state index contributed by atoms with van der Waals surface area (Å²) in [5, 5.41) is 0. The number of nitrogens with two attached hydrogens (primary N) is 1. The predicted molar refractivity (Wildman–Crippen MR) is 49.5 cm³/mol. The van der Waals surface area contributed by atoms with Gasteiger partial charge < -0.3 is 5.73 Å². The highest BCUT2D eigenvalue weighted by Crippen LogP contribution is 2.38. The smallest absolute Gasteiger partial charge is 0.0175 e. The summed E-state index contributed by atoms with van der Waals surface area (Å²) in [6.45, 7) is 0. The minimum Gasteiger partial charge on any atom is -0.327 e. The van der Waals surface area contributed by atoms with Crippen LogP contribution in [0.2, 0.25) is 0 Å². The maximum atomic E-state index is 5.72. The van der Waals surface area contributed by atoms with Gasteiger partial charge in [-0.05, 0) is 24.1 Å². The monoisotopic (exact) mass is 211 g/mol. The van der Waals surface area contributed by atoms with Gasteiger partial charge in [0.25, 0.3) is 0 Å². The molecular weight excluding hydrogens is 202 g/mol. The molecule has 1 aromatic rings. The molecule has 1 fully saturated rings. The Kier molecular flexibility index (Phi) is 1.74. The van der Waals surface area contributed by atoms with Crippen molar-refractivity contribution in [1.29, 1.82) is 0 Å². The third kappa shape index (κ3) is 1.47. The standard InChI is InChI=1S/C9H10BrN/c10-7-3-1-6(2-4-7)8-5-9(8)11/h1-4,8-9H,5,11H2/t8-,9?/m0/s1. The molecule has 1 aromatic carbocycles. The first-order chi connectivity index (χ1) is 5.27. The van der Waals surface area contributed by atoms with Crippen LogP contribution in [0.15, 0.2) is 28.7 Å². The lowest BCUT2D eigenvalue weighted by Gasteiger charge is -1.96. The second-order valence-corrected chi connectivity index (χ2v) is 3.97. The Balaban J connectivity index is 2.21. The summed E-state index contributed by atoms with van der Waals surface area (Å²) in [4.78, 5) is 0. The van der Waals surface area contributed by atoms with E-state index < -0.39 is 0 Å². The van der Waals surface area contributed by atoms with E-state index in [9.17, 15) is 0 Å². The van der Waals surface area contributed by atoms with Crippen molar-refractivity contribution in [2.24, 2.45) is 5.73 Å². The maximum Gasteiger partial charge on any atom is 0.0175 e. The Morgan fingerprint density at radius 2 is 1.82 bits per heavy atom. The van der Waals surface area contributed by atoms with Gasteiger partial charge in [-0.1, -0.05) is 28.1 Å². The van der Waals surface area contributed by atoms with Gasteiger partial charge in [0.1, 0.15) is 0 Å². The minimum absolute atomic E-state index is 0.413. The zero-order valence-corrected chi connectivity index (χ0v) is 7.71. The molecule has 2 N–H and O–H groups in total. The number of hydrogen-bond acceptors (Lipinski definition) is 1. The fourth-order valence-electron chi connectivity index (χ4n) is 1.31. The fraction of sp³-hybridized carbons (Fsp3) is 0.333. The molecular formula is C9H10BrN. The summed E-state index contributed by atoms with van der Waals surface area (Å²) in [5.41, 5.74) is 7.10. The zero-order valence-electron chi connectivity index (χ0n) is 6.13. The Hall–Kier alpha value is -0.340. The summed E-state index contributed by atoms with van der Waals surface area (Å²) in [6, 6.07) is 8.83. The molecule has 11 heavy (non-hydrogen) atoms. The second kappa shape index (κ2) is 2.61. The van der Waals surface area contributed by atoms with Gasteiger partial charge in [0.05, 0.1) is 0 Å². The quantitative estimate of drug-likeness (QED) is 0.759. The molecule has 0 spiro atoms. The van der Waals surface area contributed by atoms with Crippen molar-refractivity contribution in [2.45, 2.75) is 18.4 Å². The van der Waals surface area contributed by atoms with E-state index in [-0.39, 0.29) is 0 Å². The highest BCUT2D eigenvalue weighted by atomic mass is 79.9. The van der Waals surface area contributed by atoms with E-state index in [2.05, 4.69) is 40.2 Å². The first-order valence-corrected chi connectivity index (χ1v) is 4.58. The van der Waals surface area contributed by atoms with E-state index in [1.165, 1.54) is 5.56 Å². The zero-order chi connectivity index (χ0) is 7.84. The molecule has 1 saturated carbocycles. The van der Waals surface area contributed by atoms with Crippen molar-refractivity contribution >= 4 is 15.9 Å². The van der Waals surface area contributed by atoms with Gasteiger partial charge in [0.15, 0.2) is 0 Å². The van der Waals surface area contributed by atoms with Crippen LogP contribution in [0.1, 0.15) is 17.9 Å². The third-order valence-corrected chi connectivity index (χ3v) is 2.67. The van der Waals surface area contributed by atoms with Crippen LogP contribution in [0, 0.1) is 0 Å². The van der Waals surface area contributed by atoms with Crippen LogP contribution in [-0.4, -0.2) is 6.04 Å². The van der Waals surface area contributed by atoms with Crippen molar-refractivity contribution in [3.63, 3.8) is 0 Å². The molecule has 1 nitrogen and oxygen atoms in total. The van der Waals surface area contributed by atoms with Crippen LogP contribution in [-0.2, 0) is 0 Å². The average Bonchev–Trinajstić information content (AvgIpc) is 2.69. The van der Waals surface area contributed by atoms with Crippen molar-refractivity contribution in [2.75, 3.05) is 0 Å². The van der Waals surface area contributed by atoms with Crippen LogP contribution in [0.25, 0.3) is 0 Å². The molecule has 1 aliphatic rings. The highest BCUT2D eigenvalue weighted by Gasteiger charge is 2.34. The summed E-state index contributed by atoms with van der Waals surface area (Å²) in [5.74, 6) is 0.628. The summed E-state index contributed by atoms with van der Waals surface area (Å²) >= 11 is 3.40. The number of rotatable bonds is 1. The van der Waals surface area contributed by atoms with Gasteiger partial charge in [-0.3, -0.25) is 0 Å². The topological polar surface area (TPSA) is 26.0 Å². The number of halogens is 1. The summed E-state index contributed by atoms with van der Waals surface area (Å²) in [7, 11) is 0. The SMILES string of the molecule is NC1C[C@H]1c1ccc(Br)cc1. The Morgan fingerprint density at radius 3 is 2.27 bits per heavy atom. The first-order valence-electron chi connectivity index (χ1n) is 3.78. The largest absolute Gasteiger partial charge is 0.327 e. The van der Waals surface area contributed by atoms with Crippen LogP contribution in [0.3, 0.4) is 0 Å². The van der Waals surface area contributed by atoms with Crippen LogP contribution in [0.4, 0.5) is 0 Å². The molecule has 2 heteroatoms. The van der Waals surface area contributed by atoms with Gasteiger partial charge >= 0.3 is 0 Å². The third-order valence-electron chi connectivity index (χ3n) is 2.14. The lowest BCUT2D eigenvalue weighted by Crippen LogP contribution is -2.00. The molecule has 0 amide bonds. The molecule has 1 aliphatic carbocycles. The van der Waals surface area contributed by atoms with Crippen LogP contribution in [0.5, 0.6) is 0 Å². The molecule has 0 bridgehead atoms. The molecule has 0 radical (unpaired) electrons. The number of hydrogen-bond donors (Lipinski definition) is 1. The highest BCUT2D eigenvalue weighted by molar-refractivity contribution is 9.10. The van der Waals surface area contributed by atoms with E-state index >= 15 is 0 Å². The van der Waals surface area contributed by atoms with Crippen molar-refractivity contribution in [3.8, 4) is 0 Å².